The van der Waals surface area contributed by atoms with Crippen LogP contribution < -0.4 is 5.73 Å². The van der Waals surface area contributed by atoms with Crippen molar-refractivity contribution in [3.05, 3.63) is 34.9 Å². The van der Waals surface area contributed by atoms with E-state index in [2.05, 4.69) is 18.2 Å². The topological polar surface area (TPSA) is 26.0 Å². The zero-order valence-corrected chi connectivity index (χ0v) is 7.51. The van der Waals surface area contributed by atoms with E-state index in [-0.39, 0.29) is 6.04 Å². The average molecular weight is 161 g/mol. The van der Waals surface area contributed by atoms with Crippen LogP contribution in [0.2, 0.25) is 0 Å². The molecule has 0 saturated heterocycles. The van der Waals surface area contributed by atoms with Crippen molar-refractivity contribution in [3.8, 4) is 0 Å². The van der Waals surface area contributed by atoms with Crippen molar-refractivity contribution in [2.75, 3.05) is 0 Å². The summed E-state index contributed by atoms with van der Waals surface area (Å²) in [7, 11) is 0. The molecule has 2 rings (SSSR count). The predicted octanol–water partition coefficient (Wildman–Crippen LogP) is 2.20. The molecule has 0 fully saturated rings. The Morgan fingerprint density at radius 2 is 2.00 bits per heavy atom. The van der Waals surface area contributed by atoms with Crippen molar-refractivity contribution >= 4 is 0 Å². The van der Waals surface area contributed by atoms with Gasteiger partial charge in [-0.3, -0.25) is 0 Å². The van der Waals surface area contributed by atoms with E-state index in [0.717, 1.165) is 0 Å². The van der Waals surface area contributed by atoms with Crippen LogP contribution >= 0.6 is 0 Å². The third-order valence-corrected chi connectivity index (χ3v) is 2.65. The van der Waals surface area contributed by atoms with Gasteiger partial charge in [0.1, 0.15) is 0 Å². The zero-order valence-electron chi connectivity index (χ0n) is 7.51. The van der Waals surface area contributed by atoms with Gasteiger partial charge in [-0.2, -0.15) is 0 Å². The first kappa shape index (κ1) is 7.81. The monoisotopic (exact) mass is 161 g/mol. The van der Waals surface area contributed by atoms with Gasteiger partial charge in [0, 0.05) is 6.04 Å². The second kappa shape index (κ2) is 2.91. The van der Waals surface area contributed by atoms with Gasteiger partial charge in [-0.05, 0) is 42.9 Å². The smallest absolute Gasteiger partial charge is 0.0266 e. The van der Waals surface area contributed by atoms with Gasteiger partial charge in [-0.15, -0.1) is 0 Å². The Morgan fingerprint density at radius 3 is 2.75 bits per heavy atom. The van der Waals surface area contributed by atoms with Crippen LogP contribution in [-0.2, 0) is 12.8 Å². The molecule has 1 aliphatic rings. The Bertz CT molecular complexity index is 289. The van der Waals surface area contributed by atoms with Crippen molar-refractivity contribution in [1.82, 2.24) is 0 Å². The van der Waals surface area contributed by atoms with Crippen molar-refractivity contribution < 1.29 is 0 Å². The summed E-state index contributed by atoms with van der Waals surface area (Å²) in [5.41, 5.74) is 10.1. The molecule has 1 aromatic rings. The summed E-state index contributed by atoms with van der Waals surface area (Å²) >= 11 is 0. The van der Waals surface area contributed by atoms with E-state index in [9.17, 15) is 0 Å². The predicted molar refractivity (Wildman–Crippen MR) is 51.1 cm³/mol. The first-order chi connectivity index (χ1) is 5.77. The molecule has 0 aliphatic heterocycles. The van der Waals surface area contributed by atoms with E-state index in [1.54, 1.807) is 0 Å². The Labute approximate surface area is 73.6 Å². The van der Waals surface area contributed by atoms with Gasteiger partial charge >= 0.3 is 0 Å². The van der Waals surface area contributed by atoms with Crippen LogP contribution in [-0.4, -0.2) is 0 Å². The summed E-state index contributed by atoms with van der Waals surface area (Å²) in [4.78, 5) is 0. The lowest BCUT2D eigenvalue weighted by Gasteiger charge is -2.07. The molecule has 0 aromatic heterocycles. The van der Waals surface area contributed by atoms with Crippen LogP contribution in [0.3, 0.4) is 0 Å². The van der Waals surface area contributed by atoms with Gasteiger partial charge in [-0.1, -0.05) is 18.2 Å². The Hall–Kier alpha value is -0.820. The average Bonchev–Trinajstić information content (AvgIpc) is 2.49. The molecular formula is C11H15N. The molecule has 1 heteroatoms. The third kappa shape index (κ3) is 1.25. The molecule has 0 amide bonds. The van der Waals surface area contributed by atoms with Gasteiger partial charge in [0.25, 0.3) is 0 Å². The summed E-state index contributed by atoms with van der Waals surface area (Å²) < 4.78 is 0. The minimum absolute atomic E-state index is 0.177. The first-order valence-corrected chi connectivity index (χ1v) is 4.64. The Morgan fingerprint density at radius 1 is 1.25 bits per heavy atom. The standard InChI is InChI=1S/C11H15N/c1-8(12)10-6-5-9-3-2-4-11(9)7-10/h5-8H,2-4,12H2,1H3/t8-/m0/s1. The molecule has 2 N–H and O–H groups in total. The second-order valence-corrected chi connectivity index (χ2v) is 3.67. The van der Waals surface area contributed by atoms with Crippen LogP contribution in [0.25, 0.3) is 0 Å². The molecule has 1 atom stereocenters. The van der Waals surface area contributed by atoms with Crippen LogP contribution in [0.4, 0.5) is 0 Å². The number of rotatable bonds is 1. The van der Waals surface area contributed by atoms with Gasteiger partial charge in [0.05, 0.1) is 0 Å². The zero-order chi connectivity index (χ0) is 8.55. The Kier molecular flexibility index (Phi) is 1.89. The molecule has 0 heterocycles. The van der Waals surface area contributed by atoms with E-state index in [1.165, 1.54) is 36.0 Å². The minimum atomic E-state index is 0.177. The van der Waals surface area contributed by atoms with E-state index in [4.69, 9.17) is 5.73 Å². The summed E-state index contributed by atoms with van der Waals surface area (Å²) in [6.45, 7) is 2.04. The fraction of sp³-hybridized carbons (Fsp3) is 0.455. The number of fused-ring (bicyclic) bond motifs is 1. The highest BCUT2D eigenvalue weighted by atomic mass is 14.6. The van der Waals surface area contributed by atoms with E-state index >= 15 is 0 Å². The lowest BCUT2D eigenvalue weighted by atomic mass is 10.0. The SMILES string of the molecule is C[C@H](N)c1ccc2c(c1)CCC2. The maximum atomic E-state index is 5.81. The summed E-state index contributed by atoms with van der Waals surface area (Å²) in [5, 5.41) is 0. The number of hydrogen-bond donors (Lipinski definition) is 1. The quantitative estimate of drug-likeness (QED) is 0.671. The highest BCUT2D eigenvalue weighted by molar-refractivity contribution is 5.36. The highest BCUT2D eigenvalue weighted by Crippen LogP contribution is 2.24. The molecule has 1 aromatic carbocycles. The van der Waals surface area contributed by atoms with Crippen LogP contribution in [0.1, 0.15) is 36.1 Å². The number of benzene rings is 1. The third-order valence-electron chi connectivity index (χ3n) is 2.65. The van der Waals surface area contributed by atoms with Crippen LogP contribution in [0.5, 0.6) is 0 Å². The largest absolute Gasteiger partial charge is 0.324 e. The van der Waals surface area contributed by atoms with Crippen molar-refractivity contribution in [1.29, 1.82) is 0 Å². The van der Waals surface area contributed by atoms with Crippen molar-refractivity contribution in [2.45, 2.75) is 32.2 Å². The Balaban J connectivity index is 2.39. The molecule has 1 nitrogen and oxygen atoms in total. The molecule has 0 bridgehead atoms. The van der Waals surface area contributed by atoms with Gasteiger partial charge in [-0.25, -0.2) is 0 Å². The van der Waals surface area contributed by atoms with E-state index in [1.807, 2.05) is 6.92 Å². The number of aryl methyl sites for hydroxylation is 2. The highest BCUT2D eigenvalue weighted by Gasteiger charge is 2.11. The van der Waals surface area contributed by atoms with Gasteiger partial charge < -0.3 is 5.73 Å². The van der Waals surface area contributed by atoms with Crippen LogP contribution in [0, 0.1) is 0 Å². The molecule has 1 aliphatic carbocycles. The van der Waals surface area contributed by atoms with Crippen molar-refractivity contribution in [3.63, 3.8) is 0 Å². The fourth-order valence-electron chi connectivity index (χ4n) is 1.87. The molecule has 0 saturated carbocycles. The van der Waals surface area contributed by atoms with E-state index < -0.39 is 0 Å². The van der Waals surface area contributed by atoms with Gasteiger partial charge in [0.2, 0.25) is 0 Å². The number of nitrogens with two attached hydrogens (primary N) is 1. The number of hydrogen-bond acceptors (Lipinski definition) is 1. The maximum Gasteiger partial charge on any atom is 0.0266 e. The lowest BCUT2D eigenvalue weighted by Crippen LogP contribution is -2.05. The second-order valence-electron chi connectivity index (χ2n) is 3.67. The lowest BCUT2D eigenvalue weighted by molar-refractivity contribution is 0.815. The molecule has 0 spiro atoms. The minimum Gasteiger partial charge on any atom is -0.324 e. The molecule has 12 heavy (non-hydrogen) atoms. The molecule has 64 valence electrons. The fourth-order valence-corrected chi connectivity index (χ4v) is 1.87. The molecule has 0 radical (unpaired) electrons. The van der Waals surface area contributed by atoms with Crippen LogP contribution in [0.15, 0.2) is 18.2 Å². The van der Waals surface area contributed by atoms with E-state index in [0.29, 0.717) is 0 Å². The summed E-state index contributed by atoms with van der Waals surface area (Å²) in [5.74, 6) is 0. The van der Waals surface area contributed by atoms with Crippen molar-refractivity contribution in [2.24, 2.45) is 5.73 Å². The normalized spacial score (nSPS) is 17.5. The maximum absolute atomic E-state index is 5.81. The molecule has 0 unspecified atom stereocenters. The summed E-state index contributed by atoms with van der Waals surface area (Å²) in [6, 6.07) is 6.85. The molecular weight excluding hydrogens is 146 g/mol. The summed E-state index contributed by atoms with van der Waals surface area (Å²) in [6.07, 6.45) is 3.82. The van der Waals surface area contributed by atoms with Gasteiger partial charge in [0.15, 0.2) is 0 Å². The first-order valence-electron chi connectivity index (χ1n) is 4.64.